The lowest BCUT2D eigenvalue weighted by molar-refractivity contribution is 0.0599. The van der Waals surface area contributed by atoms with Crippen molar-refractivity contribution in [3.05, 3.63) is 33.8 Å². The van der Waals surface area contributed by atoms with Crippen LogP contribution in [0.15, 0.2) is 22.7 Å². The van der Waals surface area contributed by atoms with E-state index in [2.05, 4.69) is 15.9 Å². The van der Waals surface area contributed by atoms with Crippen LogP contribution in [0, 0.1) is 0 Å². The Morgan fingerprint density at radius 3 is 2.75 bits per heavy atom. The van der Waals surface area contributed by atoms with E-state index in [1.807, 2.05) is 18.2 Å². The molecular weight excluding hydrogens is 272 g/mol. The zero-order valence-corrected chi connectivity index (χ0v) is 11.0. The van der Waals surface area contributed by atoms with E-state index >= 15 is 0 Å². The Morgan fingerprint density at radius 2 is 2.12 bits per heavy atom. The standard InChI is InChI=1S/C12H15BrO3/c1-15-7-3-4-9-5-6-11(13)10(8-9)12(14)16-2/h5-6,8H,3-4,7H2,1-2H3. The van der Waals surface area contributed by atoms with Crippen molar-refractivity contribution in [3.8, 4) is 0 Å². The molecule has 0 heterocycles. The van der Waals surface area contributed by atoms with Crippen LogP contribution in [0.1, 0.15) is 22.3 Å². The maximum absolute atomic E-state index is 11.4. The van der Waals surface area contributed by atoms with Gasteiger partial charge in [0.05, 0.1) is 12.7 Å². The first-order valence-corrected chi connectivity index (χ1v) is 5.84. The first-order chi connectivity index (χ1) is 7.69. The SMILES string of the molecule is COCCCc1ccc(Br)c(C(=O)OC)c1. The summed E-state index contributed by atoms with van der Waals surface area (Å²) in [6, 6.07) is 5.71. The van der Waals surface area contributed by atoms with E-state index in [9.17, 15) is 4.79 Å². The van der Waals surface area contributed by atoms with Crippen molar-refractivity contribution < 1.29 is 14.3 Å². The van der Waals surface area contributed by atoms with E-state index < -0.39 is 0 Å². The molecule has 0 saturated heterocycles. The van der Waals surface area contributed by atoms with Gasteiger partial charge in [0.2, 0.25) is 0 Å². The number of esters is 1. The summed E-state index contributed by atoms with van der Waals surface area (Å²) in [5.41, 5.74) is 1.68. The van der Waals surface area contributed by atoms with Crippen LogP contribution in [-0.2, 0) is 15.9 Å². The van der Waals surface area contributed by atoms with E-state index in [4.69, 9.17) is 9.47 Å². The predicted molar refractivity (Wildman–Crippen MR) is 65.7 cm³/mol. The van der Waals surface area contributed by atoms with Gasteiger partial charge in [0.25, 0.3) is 0 Å². The van der Waals surface area contributed by atoms with Crippen molar-refractivity contribution in [2.45, 2.75) is 12.8 Å². The Labute approximate surface area is 104 Å². The molecule has 0 unspecified atom stereocenters. The van der Waals surface area contributed by atoms with Crippen LogP contribution in [0.5, 0.6) is 0 Å². The van der Waals surface area contributed by atoms with Gasteiger partial charge in [0.15, 0.2) is 0 Å². The monoisotopic (exact) mass is 286 g/mol. The maximum atomic E-state index is 11.4. The van der Waals surface area contributed by atoms with Gasteiger partial charge in [0.1, 0.15) is 0 Å². The van der Waals surface area contributed by atoms with E-state index in [1.165, 1.54) is 7.11 Å². The second kappa shape index (κ2) is 6.66. The summed E-state index contributed by atoms with van der Waals surface area (Å²) in [6.45, 7) is 0.726. The molecule has 0 radical (unpaired) electrons. The molecule has 4 heteroatoms. The Hall–Kier alpha value is -0.870. The number of benzene rings is 1. The van der Waals surface area contributed by atoms with Crippen LogP contribution in [0.2, 0.25) is 0 Å². The largest absolute Gasteiger partial charge is 0.465 e. The zero-order chi connectivity index (χ0) is 12.0. The number of rotatable bonds is 5. The van der Waals surface area contributed by atoms with Crippen LogP contribution in [0.25, 0.3) is 0 Å². The minimum Gasteiger partial charge on any atom is -0.465 e. The van der Waals surface area contributed by atoms with Crippen molar-refractivity contribution in [2.24, 2.45) is 0 Å². The molecule has 3 nitrogen and oxygen atoms in total. The average molecular weight is 287 g/mol. The molecular formula is C12H15BrO3. The smallest absolute Gasteiger partial charge is 0.339 e. The highest BCUT2D eigenvalue weighted by molar-refractivity contribution is 9.10. The highest BCUT2D eigenvalue weighted by atomic mass is 79.9. The number of carbonyl (C=O) groups is 1. The number of ether oxygens (including phenoxy) is 2. The maximum Gasteiger partial charge on any atom is 0.339 e. The van der Waals surface area contributed by atoms with Crippen molar-refractivity contribution in [1.29, 1.82) is 0 Å². The Morgan fingerprint density at radius 1 is 1.38 bits per heavy atom. The fourth-order valence-corrected chi connectivity index (χ4v) is 1.82. The first kappa shape index (κ1) is 13.2. The third kappa shape index (κ3) is 3.61. The normalized spacial score (nSPS) is 10.2. The van der Waals surface area contributed by atoms with Gasteiger partial charge >= 0.3 is 5.97 Å². The molecule has 0 saturated carbocycles. The Balaban J connectivity index is 2.77. The van der Waals surface area contributed by atoms with E-state index in [0.29, 0.717) is 5.56 Å². The molecule has 0 aliphatic heterocycles. The van der Waals surface area contributed by atoms with Gasteiger partial charge in [0, 0.05) is 18.2 Å². The minimum atomic E-state index is -0.319. The van der Waals surface area contributed by atoms with Gasteiger partial charge in [-0.25, -0.2) is 4.79 Å². The van der Waals surface area contributed by atoms with Gasteiger partial charge < -0.3 is 9.47 Å². The van der Waals surface area contributed by atoms with Gasteiger partial charge in [-0.05, 0) is 46.5 Å². The molecule has 88 valence electrons. The second-order valence-corrected chi connectivity index (χ2v) is 4.26. The number of aryl methyl sites for hydroxylation is 1. The van der Waals surface area contributed by atoms with Gasteiger partial charge in [-0.3, -0.25) is 0 Å². The van der Waals surface area contributed by atoms with E-state index in [1.54, 1.807) is 7.11 Å². The third-order valence-corrected chi connectivity index (χ3v) is 2.94. The molecule has 0 spiro atoms. The summed E-state index contributed by atoms with van der Waals surface area (Å²) in [4.78, 5) is 11.4. The van der Waals surface area contributed by atoms with E-state index in [-0.39, 0.29) is 5.97 Å². The van der Waals surface area contributed by atoms with Crippen LogP contribution < -0.4 is 0 Å². The fraction of sp³-hybridized carbons (Fsp3) is 0.417. The number of halogens is 1. The summed E-state index contributed by atoms with van der Waals surface area (Å²) >= 11 is 3.33. The molecule has 1 rings (SSSR count). The molecule has 1 aromatic rings. The molecule has 0 N–H and O–H groups in total. The Kier molecular flexibility index (Phi) is 5.49. The topological polar surface area (TPSA) is 35.5 Å². The third-order valence-electron chi connectivity index (χ3n) is 2.25. The molecule has 0 amide bonds. The molecule has 0 fully saturated rings. The highest BCUT2D eigenvalue weighted by Gasteiger charge is 2.10. The number of carbonyl (C=O) groups excluding carboxylic acids is 1. The van der Waals surface area contributed by atoms with Crippen LogP contribution >= 0.6 is 15.9 Å². The number of hydrogen-bond acceptors (Lipinski definition) is 3. The number of methoxy groups -OCH3 is 2. The molecule has 0 aliphatic rings. The predicted octanol–water partition coefficient (Wildman–Crippen LogP) is 2.81. The second-order valence-electron chi connectivity index (χ2n) is 3.40. The van der Waals surface area contributed by atoms with E-state index in [0.717, 1.165) is 29.5 Å². The van der Waals surface area contributed by atoms with Crippen LogP contribution in [0.3, 0.4) is 0 Å². The molecule has 0 aromatic heterocycles. The summed E-state index contributed by atoms with van der Waals surface area (Å²) < 4.78 is 10.4. The minimum absolute atomic E-state index is 0.319. The summed E-state index contributed by atoms with van der Waals surface area (Å²) in [6.07, 6.45) is 1.84. The zero-order valence-electron chi connectivity index (χ0n) is 9.46. The average Bonchev–Trinajstić information content (AvgIpc) is 2.30. The fourth-order valence-electron chi connectivity index (χ4n) is 1.41. The lowest BCUT2D eigenvalue weighted by Gasteiger charge is -2.06. The summed E-state index contributed by atoms with van der Waals surface area (Å²) in [5.74, 6) is -0.319. The highest BCUT2D eigenvalue weighted by Crippen LogP contribution is 2.20. The Bertz CT molecular complexity index is 363. The van der Waals surface area contributed by atoms with Crippen molar-refractivity contribution >= 4 is 21.9 Å². The summed E-state index contributed by atoms with van der Waals surface area (Å²) in [5, 5.41) is 0. The summed E-state index contributed by atoms with van der Waals surface area (Å²) in [7, 11) is 3.06. The molecule has 16 heavy (non-hydrogen) atoms. The van der Waals surface area contributed by atoms with Crippen molar-refractivity contribution in [3.63, 3.8) is 0 Å². The molecule has 0 bridgehead atoms. The van der Waals surface area contributed by atoms with Crippen molar-refractivity contribution in [1.82, 2.24) is 0 Å². The van der Waals surface area contributed by atoms with Crippen LogP contribution in [0.4, 0.5) is 0 Å². The van der Waals surface area contributed by atoms with Gasteiger partial charge in [-0.1, -0.05) is 6.07 Å². The van der Waals surface area contributed by atoms with Gasteiger partial charge in [-0.2, -0.15) is 0 Å². The number of hydrogen-bond donors (Lipinski definition) is 0. The van der Waals surface area contributed by atoms with Gasteiger partial charge in [-0.15, -0.1) is 0 Å². The lowest BCUT2D eigenvalue weighted by atomic mass is 10.1. The quantitative estimate of drug-likeness (QED) is 0.617. The molecule has 0 atom stereocenters. The lowest BCUT2D eigenvalue weighted by Crippen LogP contribution is -2.03. The molecule has 0 aliphatic carbocycles. The first-order valence-electron chi connectivity index (χ1n) is 5.04. The van der Waals surface area contributed by atoms with Crippen LogP contribution in [-0.4, -0.2) is 26.8 Å². The van der Waals surface area contributed by atoms with Crippen molar-refractivity contribution in [2.75, 3.05) is 20.8 Å². The molecule has 1 aromatic carbocycles.